The van der Waals surface area contributed by atoms with Gasteiger partial charge in [-0.1, -0.05) is 0 Å². The second-order valence-electron chi connectivity index (χ2n) is 4.11. The van der Waals surface area contributed by atoms with E-state index in [0.717, 1.165) is 18.4 Å². The molecular weight excluding hydrogens is 256 g/mol. The van der Waals surface area contributed by atoms with Crippen LogP contribution in [0, 0.1) is 11.8 Å². The molecule has 110 valence electrons. The number of hydrogen-bond donors (Lipinski definition) is 2. The minimum absolute atomic E-state index is 0.0643. The average molecular weight is 278 g/mol. The van der Waals surface area contributed by atoms with Gasteiger partial charge in [-0.25, -0.2) is 0 Å². The van der Waals surface area contributed by atoms with Gasteiger partial charge in [-0.3, -0.25) is 11.3 Å². The molecule has 5 nitrogen and oxygen atoms in total. The van der Waals surface area contributed by atoms with Crippen LogP contribution >= 0.6 is 0 Å². The number of benzene rings is 1. The van der Waals surface area contributed by atoms with E-state index in [1.165, 1.54) is 0 Å². The number of methoxy groups -OCH3 is 3. The molecule has 0 aliphatic carbocycles. The monoisotopic (exact) mass is 278 g/mol. The number of rotatable bonds is 7. The van der Waals surface area contributed by atoms with E-state index in [2.05, 4.69) is 17.3 Å². The zero-order chi connectivity index (χ0) is 15.0. The molecule has 0 aromatic heterocycles. The first-order chi connectivity index (χ1) is 9.73. The molecule has 1 aromatic carbocycles. The normalized spacial score (nSPS) is 11.2. The van der Waals surface area contributed by atoms with Gasteiger partial charge in [0.1, 0.15) is 0 Å². The summed E-state index contributed by atoms with van der Waals surface area (Å²) in [5.74, 6) is 13.4. The molecule has 20 heavy (non-hydrogen) atoms. The van der Waals surface area contributed by atoms with Crippen molar-refractivity contribution in [1.82, 2.24) is 5.43 Å². The highest BCUT2D eigenvalue weighted by Crippen LogP contribution is 2.42. The molecule has 0 aliphatic rings. The van der Waals surface area contributed by atoms with Gasteiger partial charge in [0.2, 0.25) is 5.75 Å². The third kappa shape index (κ3) is 3.56. The van der Waals surface area contributed by atoms with Crippen LogP contribution in [0.4, 0.5) is 0 Å². The molecule has 0 bridgehead atoms. The van der Waals surface area contributed by atoms with Crippen LogP contribution in [-0.4, -0.2) is 21.3 Å². The summed E-state index contributed by atoms with van der Waals surface area (Å²) >= 11 is 0. The Morgan fingerprint density at radius 3 is 2.35 bits per heavy atom. The molecule has 0 aliphatic heterocycles. The van der Waals surface area contributed by atoms with Gasteiger partial charge in [0, 0.05) is 12.0 Å². The molecule has 1 aromatic rings. The Hall–Kier alpha value is -1.90. The van der Waals surface area contributed by atoms with Crippen molar-refractivity contribution < 1.29 is 14.2 Å². The lowest BCUT2D eigenvalue weighted by molar-refractivity contribution is 0.318. The zero-order valence-corrected chi connectivity index (χ0v) is 12.4. The van der Waals surface area contributed by atoms with Gasteiger partial charge in [-0.2, -0.15) is 0 Å². The summed E-state index contributed by atoms with van der Waals surface area (Å²) in [6, 6.07) is 3.70. The van der Waals surface area contributed by atoms with E-state index in [0.29, 0.717) is 17.2 Å². The Bertz CT molecular complexity index is 492. The first kappa shape index (κ1) is 16.2. The van der Waals surface area contributed by atoms with E-state index in [4.69, 9.17) is 20.1 Å². The van der Waals surface area contributed by atoms with E-state index in [1.54, 1.807) is 21.3 Å². The molecule has 1 unspecified atom stereocenters. The van der Waals surface area contributed by atoms with Crippen molar-refractivity contribution in [3.63, 3.8) is 0 Å². The highest BCUT2D eigenvalue weighted by molar-refractivity contribution is 5.56. The predicted octanol–water partition coefficient (Wildman–Crippen LogP) is 2.02. The topological polar surface area (TPSA) is 65.7 Å². The van der Waals surface area contributed by atoms with Gasteiger partial charge in [-0.05, 0) is 25.5 Å². The van der Waals surface area contributed by atoms with Crippen molar-refractivity contribution >= 4 is 0 Å². The number of nitrogens with two attached hydrogens (primary N) is 1. The van der Waals surface area contributed by atoms with Crippen molar-refractivity contribution in [2.75, 3.05) is 21.3 Å². The van der Waals surface area contributed by atoms with Gasteiger partial charge in [-0.15, -0.1) is 11.8 Å². The molecular formula is C15H22N2O3. The lowest BCUT2D eigenvalue weighted by Gasteiger charge is -2.21. The molecule has 1 rings (SSSR count). The van der Waals surface area contributed by atoms with Crippen LogP contribution in [0.3, 0.4) is 0 Å². The van der Waals surface area contributed by atoms with Gasteiger partial charge in [0.15, 0.2) is 11.5 Å². The molecule has 5 heteroatoms. The highest BCUT2D eigenvalue weighted by Gasteiger charge is 2.21. The van der Waals surface area contributed by atoms with Crippen LogP contribution in [0.25, 0.3) is 0 Å². The molecule has 3 N–H and O–H groups in total. The summed E-state index contributed by atoms with van der Waals surface area (Å²) in [5, 5.41) is 0. The van der Waals surface area contributed by atoms with Crippen LogP contribution in [0.1, 0.15) is 31.4 Å². The molecule has 0 heterocycles. The Kier molecular flexibility index (Phi) is 6.71. The van der Waals surface area contributed by atoms with Crippen molar-refractivity contribution in [1.29, 1.82) is 0 Å². The lowest BCUT2D eigenvalue weighted by Crippen LogP contribution is -2.28. The maximum atomic E-state index is 5.65. The summed E-state index contributed by atoms with van der Waals surface area (Å²) in [6.07, 6.45) is 1.53. The first-order valence-electron chi connectivity index (χ1n) is 6.38. The molecule has 0 fully saturated rings. The minimum atomic E-state index is -0.0643. The van der Waals surface area contributed by atoms with Crippen molar-refractivity contribution in [3.8, 4) is 29.1 Å². The Morgan fingerprint density at radius 2 is 1.85 bits per heavy atom. The average Bonchev–Trinajstić information content (AvgIpc) is 2.50. The Labute approximate surface area is 120 Å². The number of ether oxygens (including phenoxy) is 3. The molecule has 0 radical (unpaired) electrons. The maximum absolute atomic E-state index is 5.65. The molecule has 0 saturated heterocycles. The summed E-state index contributed by atoms with van der Waals surface area (Å²) < 4.78 is 16.1. The van der Waals surface area contributed by atoms with E-state index in [1.807, 2.05) is 19.1 Å². The van der Waals surface area contributed by atoms with E-state index in [-0.39, 0.29) is 6.04 Å². The number of hydrogen-bond acceptors (Lipinski definition) is 5. The quantitative estimate of drug-likeness (QED) is 0.454. The minimum Gasteiger partial charge on any atom is -0.493 e. The molecule has 0 amide bonds. The van der Waals surface area contributed by atoms with Gasteiger partial charge >= 0.3 is 0 Å². The third-order valence-electron chi connectivity index (χ3n) is 3.05. The van der Waals surface area contributed by atoms with Gasteiger partial charge < -0.3 is 14.2 Å². The lowest BCUT2D eigenvalue weighted by atomic mass is 10.0. The smallest absolute Gasteiger partial charge is 0.203 e. The summed E-state index contributed by atoms with van der Waals surface area (Å²) in [7, 11) is 4.77. The van der Waals surface area contributed by atoms with E-state index in [9.17, 15) is 0 Å². The summed E-state index contributed by atoms with van der Waals surface area (Å²) in [4.78, 5) is 0. The zero-order valence-electron chi connectivity index (χ0n) is 12.4. The molecule has 1 atom stereocenters. The van der Waals surface area contributed by atoms with Crippen molar-refractivity contribution in [2.45, 2.75) is 25.8 Å². The van der Waals surface area contributed by atoms with Crippen LogP contribution in [0.2, 0.25) is 0 Å². The van der Waals surface area contributed by atoms with Crippen molar-refractivity contribution in [3.05, 3.63) is 17.7 Å². The predicted molar refractivity (Wildman–Crippen MR) is 78.8 cm³/mol. The fourth-order valence-electron chi connectivity index (χ4n) is 2.07. The summed E-state index contributed by atoms with van der Waals surface area (Å²) in [6.45, 7) is 1.82. The maximum Gasteiger partial charge on any atom is 0.203 e. The van der Waals surface area contributed by atoms with Gasteiger partial charge in [0.25, 0.3) is 0 Å². The second-order valence-corrected chi connectivity index (χ2v) is 4.11. The highest BCUT2D eigenvalue weighted by atomic mass is 16.5. The SMILES string of the molecule is CC#CCCC(NN)c1ccc(OC)c(OC)c1OC. The molecule has 0 saturated carbocycles. The second kappa shape index (κ2) is 8.31. The Balaban J connectivity index is 3.16. The fourth-order valence-corrected chi connectivity index (χ4v) is 2.07. The Morgan fingerprint density at radius 1 is 1.15 bits per heavy atom. The van der Waals surface area contributed by atoms with Crippen LogP contribution in [-0.2, 0) is 0 Å². The van der Waals surface area contributed by atoms with E-state index >= 15 is 0 Å². The first-order valence-corrected chi connectivity index (χ1v) is 6.38. The summed E-state index contributed by atoms with van der Waals surface area (Å²) in [5.41, 5.74) is 3.72. The number of hydrazine groups is 1. The largest absolute Gasteiger partial charge is 0.493 e. The van der Waals surface area contributed by atoms with E-state index < -0.39 is 0 Å². The van der Waals surface area contributed by atoms with Crippen molar-refractivity contribution in [2.24, 2.45) is 5.84 Å². The standard InChI is InChI=1S/C15H22N2O3/c1-5-6-7-8-12(17-16)11-9-10-13(18-2)15(20-4)14(11)19-3/h9-10,12,17H,7-8,16H2,1-4H3. The van der Waals surface area contributed by atoms with Crippen LogP contribution in [0.15, 0.2) is 12.1 Å². The van der Waals surface area contributed by atoms with Crippen LogP contribution in [0.5, 0.6) is 17.2 Å². The molecule has 0 spiro atoms. The third-order valence-corrected chi connectivity index (χ3v) is 3.05. The van der Waals surface area contributed by atoms with Crippen LogP contribution < -0.4 is 25.5 Å². The fraction of sp³-hybridized carbons (Fsp3) is 0.467. The van der Waals surface area contributed by atoms with Gasteiger partial charge in [0.05, 0.1) is 27.4 Å². The number of nitrogens with one attached hydrogen (secondary N) is 1.